The van der Waals surface area contributed by atoms with Crippen LogP contribution in [0, 0.1) is 0 Å². The van der Waals surface area contributed by atoms with E-state index in [9.17, 15) is 4.79 Å². The van der Waals surface area contributed by atoms with E-state index >= 15 is 0 Å². The molecule has 0 aliphatic carbocycles. The molecule has 0 saturated heterocycles. The molecule has 0 unspecified atom stereocenters. The summed E-state index contributed by atoms with van der Waals surface area (Å²) < 4.78 is 5.01. The van der Waals surface area contributed by atoms with Gasteiger partial charge in [0.15, 0.2) is 5.82 Å². The third kappa shape index (κ3) is 5.00. The zero-order chi connectivity index (χ0) is 13.2. The van der Waals surface area contributed by atoms with Gasteiger partial charge < -0.3 is 15.0 Å². The van der Waals surface area contributed by atoms with Gasteiger partial charge in [-0.3, -0.25) is 4.79 Å². The van der Waals surface area contributed by atoms with E-state index < -0.39 is 0 Å². The number of nitrogens with zero attached hydrogens (tertiary/aromatic N) is 1. The van der Waals surface area contributed by atoms with Crippen molar-refractivity contribution >= 4 is 17.6 Å². The van der Waals surface area contributed by atoms with Crippen LogP contribution in [0.5, 0.6) is 5.75 Å². The topological polar surface area (TPSA) is 67.0 Å². The molecule has 5 nitrogen and oxygen atoms in total. The maximum absolute atomic E-state index is 11.4. The summed E-state index contributed by atoms with van der Waals surface area (Å²) >= 11 is 1.89. The maximum atomic E-state index is 11.4. The third-order valence-corrected chi connectivity index (χ3v) is 3.28. The van der Waals surface area contributed by atoms with Crippen molar-refractivity contribution in [3.63, 3.8) is 0 Å². The molecule has 0 aliphatic heterocycles. The smallest absolute Gasteiger partial charge is 0.295 e. The fourth-order valence-corrected chi connectivity index (χ4v) is 2.13. The molecule has 0 aliphatic rings. The van der Waals surface area contributed by atoms with Gasteiger partial charge in [-0.15, -0.1) is 0 Å². The van der Waals surface area contributed by atoms with Gasteiger partial charge in [0.1, 0.15) is 0 Å². The number of aromatic nitrogens is 2. The van der Waals surface area contributed by atoms with E-state index in [2.05, 4.69) is 21.5 Å². The highest BCUT2D eigenvalue weighted by molar-refractivity contribution is 7.98. The van der Waals surface area contributed by atoms with Crippen LogP contribution in [0.1, 0.15) is 25.7 Å². The number of anilines is 1. The average Bonchev–Trinajstić information content (AvgIpc) is 2.38. The monoisotopic (exact) mass is 271 g/mol. The molecule has 0 bridgehead atoms. The van der Waals surface area contributed by atoms with Crippen LogP contribution in [0.3, 0.4) is 0 Å². The Morgan fingerprint density at radius 1 is 1.39 bits per heavy atom. The summed E-state index contributed by atoms with van der Waals surface area (Å²) in [6, 6.07) is 0. The highest BCUT2D eigenvalue weighted by Crippen LogP contribution is 2.14. The quantitative estimate of drug-likeness (QED) is 0.673. The zero-order valence-electron chi connectivity index (χ0n) is 11.0. The summed E-state index contributed by atoms with van der Waals surface area (Å²) in [5.41, 5.74) is -0.255. The van der Waals surface area contributed by atoms with Crippen LogP contribution >= 0.6 is 11.8 Å². The number of methoxy groups -OCH3 is 1. The first-order valence-electron chi connectivity index (χ1n) is 6.14. The number of unbranched alkanes of at least 4 members (excludes halogenated alkanes) is 3. The molecule has 6 heteroatoms. The van der Waals surface area contributed by atoms with Gasteiger partial charge in [0.05, 0.1) is 13.4 Å². The third-order valence-electron chi connectivity index (χ3n) is 2.58. The van der Waals surface area contributed by atoms with Crippen molar-refractivity contribution < 1.29 is 4.74 Å². The number of hydrogen-bond acceptors (Lipinski definition) is 5. The van der Waals surface area contributed by atoms with Crippen LogP contribution in [-0.4, -0.2) is 35.6 Å². The fourth-order valence-electron chi connectivity index (χ4n) is 1.63. The SMILES string of the molecule is COc1c(NCCCCCCSC)nc[nH]c1=O. The van der Waals surface area contributed by atoms with Gasteiger partial charge >= 0.3 is 0 Å². The lowest BCUT2D eigenvalue weighted by molar-refractivity contribution is 0.408. The van der Waals surface area contributed by atoms with Crippen LogP contribution in [0.4, 0.5) is 5.82 Å². The maximum Gasteiger partial charge on any atom is 0.295 e. The molecule has 0 aromatic carbocycles. The number of aromatic amines is 1. The van der Waals surface area contributed by atoms with E-state index in [1.165, 1.54) is 38.5 Å². The van der Waals surface area contributed by atoms with Gasteiger partial charge in [0.25, 0.3) is 5.56 Å². The number of H-pyrrole nitrogens is 1. The first-order chi connectivity index (χ1) is 8.79. The lowest BCUT2D eigenvalue weighted by Gasteiger charge is -2.08. The van der Waals surface area contributed by atoms with Gasteiger partial charge in [-0.1, -0.05) is 12.8 Å². The normalized spacial score (nSPS) is 10.3. The molecule has 0 radical (unpaired) electrons. The summed E-state index contributed by atoms with van der Waals surface area (Å²) in [4.78, 5) is 18.0. The lowest BCUT2D eigenvalue weighted by Crippen LogP contribution is -2.14. The Morgan fingerprint density at radius 3 is 2.89 bits per heavy atom. The Balaban J connectivity index is 2.27. The van der Waals surface area contributed by atoms with Crippen molar-refractivity contribution in [1.29, 1.82) is 0 Å². The summed E-state index contributed by atoms with van der Waals surface area (Å²) in [6.07, 6.45) is 8.30. The Kier molecular flexibility index (Phi) is 7.32. The van der Waals surface area contributed by atoms with Crippen LogP contribution in [0.2, 0.25) is 0 Å². The largest absolute Gasteiger partial charge is 0.489 e. The van der Waals surface area contributed by atoms with Gasteiger partial charge in [-0.05, 0) is 24.9 Å². The second kappa shape index (κ2) is 8.85. The predicted octanol–water partition coefficient (Wildman–Crippen LogP) is 2.11. The van der Waals surface area contributed by atoms with Crippen molar-refractivity contribution in [3.05, 3.63) is 16.7 Å². The molecule has 1 rings (SSSR count). The molecular formula is C12H21N3O2S. The van der Waals surface area contributed by atoms with Crippen LogP contribution in [0.25, 0.3) is 0 Å². The van der Waals surface area contributed by atoms with Crippen LogP contribution in [0.15, 0.2) is 11.1 Å². The Hall–Kier alpha value is -1.17. The van der Waals surface area contributed by atoms with Gasteiger partial charge in [0.2, 0.25) is 5.75 Å². The van der Waals surface area contributed by atoms with E-state index in [-0.39, 0.29) is 11.3 Å². The van der Waals surface area contributed by atoms with Crippen molar-refractivity contribution in [2.45, 2.75) is 25.7 Å². The van der Waals surface area contributed by atoms with Crippen LogP contribution < -0.4 is 15.6 Å². The minimum atomic E-state index is -0.255. The number of nitrogens with one attached hydrogen (secondary N) is 2. The molecule has 102 valence electrons. The summed E-state index contributed by atoms with van der Waals surface area (Å²) in [7, 11) is 1.47. The highest BCUT2D eigenvalue weighted by Gasteiger charge is 2.07. The minimum absolute atomic E-state index is 0.250. The Bertz CT molecular complexity index is 395. The molecule has 18 heavy (non-hydrogen) atoms. The molecule has 1 heterocycles. The molecule has 2 N–H and O–H groups in total. The molecule has 0 atom stereocenters. The number of rotatable bonds is 9. The molecule has 1 aromatic heterocycles. The standard InChI is InChI=1S/C12H21N3O2S/c1-17-10-11(14-9-15-12(10)16)13-7-5-3-4-6-8-18-2/h9H,3-8H2,1-2H3,(H2,13,14,15,16). The molecule has 0 amide bonds. The Morgan fingerprint density at radius 2 is 2.17 bits per heavy atom. The molecule has 0 spiro atoms. The first-order valence-corrected chi connectivity index (χ1v) is 7.53. The number of hydrogen-bond donors (Lipinski definition) is 2. The van der Waals surface area contributed by atoms with Crippen molar-refractivity contribution in [3.8, 4) is 5.75 Å². The lowest BCUT2D eigenvalue weighted by atomic mass is 10.2. The number of ether oxygens (including phenoxy) is 1. The molecule has 0 saturated carbocycles. The Labute approximate surface area is 112 Å². The molecule has 1 aromatic rings. The first kappa shape index (κ1) is 14.9. The van der Waals surface area contributed by atoms with E-state index in [1.54, 1.807) is 0 Å². The van der Waals surface area contributed by atoms with Crippen molar-refractivity contribution in [2.24, 2.45) is 0 Å². The van der Waals surface area contributed by atoms with Gasteiger partial charge in [-0.2, -0.15) is 11.8 Å². The second-order valence-electron chi connectivity index (χ2n) is 3.95. The van der Waals surface area contributed by atoms with Crippen molar-refractivity contribution in [2.75, 3.05) is 31.0 Å². The van der Waals surface area contributed by atoms with E-state index in [1.807, 2.05) is 11.8 Å². The molecular weight excluding hydrogens is 250 g/mol. The van der Waals surface area contributed by atoms with E-state index in [0.29, 0.717) is 5.82 Å². The predicted molar refractivity (Wildman–Crippen MR) is 76.7 cm³/mol. The highest BCUT2D eigenvalue weighted by atomic mass is 32.2. The van der Waals surface area contributed by atoms with E-state index in [0.717, 1.165) is 13.0 Å². The van der Waals surface area contributed by atoms with Crippen LogP contribution in [-0.2, 0) is 0 Å². The summed E-state index contributed by atoms with van der Waals surface area (Å²) in [5, 5.41) is 3.13. The minimum Gasteiger partial charge on any atom is -0.489 e. The average molecular weight is 271 g/mol. The summed E-state index contributed by atoms with van der Waals surface area (Å²) in [6.45, 7) is 0.812. The van der Waals surface area contributed by atoms with Gasteiger partial charge in [-0.25, -0.2) is 4.98 Å². The van der Waals surface area contributed by atoms with Gasteiger partial charge in [0, 0.05) is 6.54 Å². The molecule has 0 fully saturated rings. The fraction of sp³-hybridized carbons (Fsp3) is 0.667. The second-order valence-corrected chi connectivity index (χ2v) is 4.93. The van der Waals surface area contributed by atoms with Crippen molar-refractivity contribution in [1.82, 2.24) is 9.97 Å². The van der Waals surface area contributed by atoms with E-state index in [4.69, 9.17) is 4.74 Å². The number of thioether (sulfide) groups is 1. The zero-order valence-corrected chi connectivity index (χ0v) is 11.8. The summed E-state index contributed by atoms with van der Waals surface area (Å²) in [5.74, 6) is 2.00.